The summed E-state index contributed by atoms with van der Waals surface area (Å²) >= 11 is 0. The fourth-order valence-corrected chi connectivity index (χ4v) is 1.92. The van der Waals surface area contributed by atoms with Crippen LogP contribution in [0.1, 0.15) is 23.6 Å². The summed E-state index contributed by atoms with van der Waals surface area (Å²) in [5.74, 6) is 0. The Labute approximate surface area is 135 Å². The highest BCUT2D eigenvalue weighted by Gasteiger charge is 1.93. The highest BCUT2D eigenvalue weighted by Crippen LogP contribution is 2.06. The lowest BCUT2D eigenvalue weighted by Crippen LogP contribution is -2.10. The Morgan fingerprint density at radius 3 is 2.09 bits per heavy atom. The first-order valence-corrected chi connectivity index (χ1v) is 7.63. The van der Waals surface area contributed by atoms with Crippen molar-refractivity contribution < 1.29 is 4.74 Å². The van der Waals surface area contributed by atoms with Crippen LogP contribution in [-0.2, 0) is 17.9 Å². The highest BCUT2D eigenvalue weighted by atomic mass is 16.5. The third-order valence-corrected chi connectivity index (χ3v) is 3.03. The van der Waals surface area contributed by atoms with Gasteiger partial charge < -0.3 is 9.64 Å². The molecule has 2 nitrogen and oxygen atoms in total. The molecule has 22 heavy (non-hydrogen) atoms. The van der Waals surface area contributed by atoms with E-state index in [2.05, 4.69) is 62.0 Å². The molecular formula is C20H27NO. The van der Waals surface area contributed by atoms with Gasteiger partial charge in [-0.1, -0.05) is 67.3 Å². The van der Waals surface area contributed by atoms with Gasteiger partial charge in [0.05, 0.1) is 6.61 Å². The molecule has 0 saturated carbocycles. The van der Waals surface area contributed by atoms with E-state index >= 15 is 0 Å². The summed E-state index contributed by atoms with van der Waals surface area (Å²) in [5, 5.41) is 0. The van der Waals surface area contributed by atoms with Crippen LogP contribution in [-0.4, -0.2) is 25.6 Å². The predicted octanol–water partition coefficient (Wildman–Crippen LogP) is 4.61. The van der Waals surface area contributed by atoms with Crippen molar-refractivity contribution >= 4 is 6.08 Å². The zero-order valence-electron chi connectivity index (χ0n) is 14.0. The molecule has 0 fully saturated rings. The lowest BCUT2D eigenvalue weighted by Gasteiger charge is -2.09. The minimum absolute atomic E-state index is 0.733. The van der Waals surface area contributed by atoms with Gasteiger partial charge in [0, 0.05) is 13.2 Å². The van der Waals surface area contributed by atoms with Crippen LogP contribution in [0.4, 0.5) is 0 Å². The summed E-state index contributed by atoms with van der Waals surface area (Å²) in [4.78, 5) is 2.16. The third-order valence-electron chi connectivity index (χ3n) is 3.03. The van der Waals surface area contributed by atoms with Crippen molar-refractivity contribution in [3.8, 4) is 0 Å². The Bertz CT molecular complexity index is 517. The maximum absolute atomic E-state index is 5.22. The van der Waals surface area contributed by atoms with Gasteiger partial charge in [0.1, 0.15) is 0 Å². The molecule has 0 unspecified atom stereocenters. The molecule has 0 radical (unpaired) electrons. The van der Waals surface area contributed by atoms with E-state index in [1.807, 2.05) is 31.2 Å². The van der Waals surface area contributed by atoms with Crippen LogP contribution >= 0.6 is 0 Å². The number of nitrogens with zero attached hydrogens (tertiary/aromatic N) is 1. The Morgan fingerprint density at radius 1 is 0.955 bits per heavy atom. The molecule has 0 aliphatic heterocycles. The average molecular weight is 297 g/mol. The largest absolute Gasteiger partial charge is 0.377 e. The standard InChI is InChI=1S/C11H15N.C9H12O/c1-4-10-5-7-11(8-6-10)9-12(2)3;1-2-10-8-9-6-4-3-5-7-9/h4-8H,1,9H2,2-3H3;3-7H,2,8H2,1H3. The maximum atomic E-state index is 5.22. The van der Waals surface area contributed by atoms with Crippen molar-refractivity contribution in [2.45, 2.75) is 20.1 Å². The molecule has 0 spiro atoms. The van der Waals surface area contributed by atoms with Gasteiger partial charge in [-0.25, -0.2) is 0 Å². The average Bonchev–Trinajstić information content (AvgIpc) is 2.55. The summed E-state index contributed by atoms with van der Waals surface area (Å²) in [5.41, 5.74) is 3.76. The SMILES string of the molecule is C=Cc1ccc(CN(C)C)cc1.CCOCc1ccccc1. The number of hydrogen-bond acceptors (Lipinski definition) is 2. The highest BCUT2D eigenvalue weighted by molar-refractivity contribution is 5.47. The molecule has 118 valence electrons. The van der Waals surface area contributed by atoms with E-state index in [9.17, 15) is 0 Å². The van der Waals surface area contributed by atoms with Gasteiger partial charge in [0.2, 0.25) is 0 Å². The van der Waals surface area contributed by atoms with Crippen LogP contribution < -0.4 is 0 Å². The number of rotatable bonds is 6. The zero-order valence-corrected chi connectivity index (χ0v) is 14.0. The van der Waals surface area contributed by atoms with E-state index in [0.29, 0.717) is 0 Å². The van der Waals surface area contributed by atoms with Gasteiger partial charge >= 0.3 is 0 Å². The maximum Gasteiger partial charge on any atom is 0.0716 e. The van der Waals surface area contributed by atoms with Gasteiger partial charge in [-0.15, -0.1) is 0 Å². The molecule has 0 amide bonds. The first kappa shape index (κ1) is 18.1. The molecule has 0 aliphatic rings. The zero-order chi connectivity index (χ0) is 16.2. The van der Waals surface area contributed by atoms with Crippen molar-refractivity contribution in [2.75, 3.05) is 20.7 Å². The first-order chi connectivity index (χ1) is 10.7. The summed E-state index contributed by atoms with van der Waals surface area (Å²) in [6.45, 7) is 8.23. The van der Waals surface area contributed by atoms with Gasteiger partial charge in [0.25, 0.3) is 0 Å². The van der Waals surface area contributed by atoms with Crippen LogP contribution in [0.3, 0.4) is 0 Å². The van der Waals surface area contributed by atoms with Crippen LogP contribution in [0, 0.1) is 0 Å². The molecule has 0 bridgehead atoms. The van der Waals surface area contributed by atoms with E-state index in [1.165, 1.54) is 16.7 Å². The van der Waals surface area contributed by atoms with Gasteiger partial charge in [0.15, 0.2) is 0 Å². The number of ether oxygens (including phenoxy) is 1. The molecule has 0 aliphatic carbocycles. The monoisotopic (exact) mass is 297 g/mol. The number of benzene rings is 2. The summed E-state index contributed by atoms with van der Waals surface area (Å²) in [6, 6.07) is 18.6. The summed E-state index contributed by atoms with van der Waals surface area (Å²) in [6.07, 6.45) is 1.86. The van der Waals surface area contributed by atoms with E-state index in [4.69, 9.17) is 4.74 Å². The molecule has 2 heteroatoms. The number of hydrogen-bond donors (Lipinski definition) is 0. The molecule has 0 heterocycles. The van der Waals surface area contributed by atoms with E-state index in [0.717, 1.165) is 19.8 Å². The lowest BCUT2D eigenvalue weighted by molar-refractivity contribution is 0.134. The Hall–Kier alpha value is -1.90. The predicted molar refractivity (Wildman–Crippen MR) is 95.7 cm³/mol. The van der Waals surface area contributed by atoms with Crippen molar-refractivity contribution in [1.29, 1.82) is 0 Å². The van der Waals surface area contributed by atoms with Gasteiger partial charge in [-0.2, -0.15) is 0 Å². The minimum Gasteiger partial charge on any atom is -0.377 e. The molecule has 2 aromatic rings. The van der Waals surface area contributed by atoms with E-state index in [1.54, 1.807) is 0 Å². The second kappa shape index (κ2) is 10.8. The van der Waals surface area contributed by atoms with Crippen molar-refractivity contribution in [2.24, 2.45) is 0 Å². The summed E-state index contributed by atoms with van der Waals surface area (Å²) < 4.78 is 5.22. The second-order valence-electron chi connectivity index (χ2n) is 5.31. The fraction of sp³-hybridized carbons (Fsp3) is 0.300. The smallest absolute Gasteiger partial charge is 0.0716 e. The first-order valence-electron chi connectivity index (χ1n) is 7.63. The lowest BCUT2D eigenvalue weighted by atomic mass is 10.1. The second-order valence-corrected chi connectivity index (χ2v) is 5.31. The molecule has 2 rings (SSSR count). The molecule has 2 aromatic carbocycles. The van der Waals surface area contributed by atoms with Crippen LogP contribution in [0.2, 0.25) is 0 Å². The topological polar surface area (TPSA) is 12.5 Å². The third kappa shape index (κ3) is 7.77. The Balaban J connectivity index is 0.000000224. The van der Waals surface area contributed by atoms with E-state index < -0.39 is 0 Å². The summed E-state index contributed by atoms with van der Waals surface area (Å²) in [7, 11) is 4.14. The Morgan fingerprint density at radius 2 is 1.59 bits per heavy atom. The molecule has 0 atom stereocenters. The van der Waals surface area contributed by atoms with Crippen molar-refractivity contribution in [3.63, 3.8) is 0 Å². The molecule has 0 N–H and O–H groups in total. The van der Waals surface area contributed by atoms with Crippen LogP contribution in [0.15, 0.2) is 61.2 Å². The van der Waals surface area contributed by atoms with Gasteiger partial charge in [-0.05, 0) is 37.7 Å². The van der Waals surface area contributed by atoms with E-state index in [-0.39, 0.29) is 0 Å². The van der Waals surface area contributed by atoms with Gasteiger partial charge in [-0.3, -0.25) is 0 Å². The van der Waals surface area contributed by atoms with Crippen molar-refractivity contribution in [3.05, 3.63) is 77.9 Å². The van der Waals surface area contributed by atoms with Crippen molar-refractivity contribution in [1.82, 2.24) is 4.90 Å². The Kier molecular flexibility index (Phi) is 8.89. The quantitative estimate of drug-likeness (QED) is 0.771. The molecular weight excluding hydrogens is 270 g/mol. The van der Waals surface area contributed by atoms with Crippen LogP contribution in [0.5, 0.6) is 0 Å². The fourth-order valence-electron chi connectivity index (χ4n) is 1.92. The van der Waals surface area contributed by atoms with Crippen LogP contribution in [0.25, 0.3) is 6.08 Å². The minimum atomic E-state index is 0.733. The molecule has 0 aromatic heterocycles. The normalized spacial score (nSPS) is 10.0. The molecule has 0 saturated heterocycles.